The molecule has 3 atom stereocenters. The van der Waals surface area contributed by atoms with Crippen LogP contribution < -0.4 is 15.2 Å². The summed E-state index contributed by atoms with van der Waals surface area (Å²) in [5, 5.41) is 0. The Hall–Kier alpha value is -1.26. The highest BCUT2D eigenvalue weighted by molar-refractivity contribution is 5.44. The Morgan fingerprint density at radius 1 is 1.33 bits per heavy atom. The summed E-state index contributed by atoms with van der Waals surface area (Å²) in [6, 6.07) is 6.77. The third-order valence-corrected chi connectivity index (χ3v) is 5.50. The Bertz CT molecular complexity index is 548. The van der Waals surface area contributed by atoms with Crippen LogP contribution in [0.2, 0.25) is 0 Å². The summed E-state index contributed by atoms with van der Waals surface area (Å²) in [6.07, 6.45) is 5.81. The molecule has 0 saturated carbocycles. The highest BCUT2D eigenvalue weighted by atomic mass is 16.5. The predicted molar refractivity (Wildman–Crippen MR) is 81.7 cm³/mol. The van der Waals surface area contributed by atoms with Crippen molar-refractivity contribution in [3.05, 3.63) is 23.8 Å². The van der Waals surface area contributed by atoms with Gasteiger partial charge in [-0.15, -0.1) is 0 Å². The van der Waals surface area contributed by atoms with Crippen molar-refractivity contribution in [2.45, 2.75) is 49.8 Å². The Balaban J connectivity index is 1.62. The van der Waals surface area contributed by atoms with Crippen molar-refractivity contribution in [3.63, 3.8) is 0 Å². The van der Waals surface area contributed by atoms with Gasteiger partial charge in [0.05, 0.1) is 7.11 Å². The number of rotatable bonds is 1. The molecule has 0 aliphatic carbocycles. The van der Waals surface area contributed by atoms with Crippen LogP contribution in [0.15, 0.2) is 18.2 Å². The van der Waals surface area contributed by atoms with E-state index >= 15 is 0 Å². The molecular weight excluding hydrogens is 264 g/mol. The first-order valence-corrected chi connectivity index (χ1v) is 8.06. The van der Waals surface area contributed by atoms with Crippen molar-refractivity contribution in [1.82, 2.24) is 4.90 Å². The van der Waals surface area contributed by atoms with E-state index in [4.69, 9.17) is 15.2 Å². The molecule has 3 aliphatic rings. The fourth-order valence-corrected chi connectivity index (χ4v) is 4.40. The molecule has 0 amide bonds. The first kappa shape index (κ1) is 13.4. The third-order valence-electron chi connectivity index (χ3n) is 5.50. The van der Waals surface area contributed by atoms with Crippen molar-refractivity contribution in [2.24, 2.45) is 5.73 Å². The number of hydrogen-bond acceptors (Lipinski definition) is 4. The number of fused-ring (bicyclic) bond motifs is 2. The smallest absolute Gasteiger partial charge is 0.125 e. The predicted octanol–water partition coefficient (Wildman–Crippen LogP) is 2.47. The summed E-state index contributed by atoms with van der Waals surface area (Å²) in [7, 11) is 1.69. The van der Waals surface area contributed by atoms with Gasteiger partial charge in [0, 0.05) is 37.0 Å². The highest BCUT2D eigenvalue weighted by Crippen LogP contribution is 2.46. The van der Waals surface area contributed by atoms with Crippen LogP contribution in [0.1, 0.15) is 43.7 Å². The second kappa shape index (κ2) is 4.89. The summed E-state index contributed by atoms with van der Waals surface area (Å²) in [5.74, 6) is 1.82. The van der Waals surface area contributed by atoms with Gasteiger partial charge >= 0.3 is 0 Å². The van der Waals surface area contributed by atoms with Crippen LogP contribution in [-0.4, -0.2) is 36.7 Å². The average molecular weight is 288 g/mol. The van der Waals surface area contributed by atoms with E-state index in [0.717, 1.165) is 42.9 Å². The zero-order valence-electron chi connectivity index (χ0n) is 12.7. The number of nitrogens with two attached hydrogens (primary N) is 1. The molecule has 4 nitrogen and oxygen atoms in total. The molecule has 21 heavy (non-hydrogen) atoms. The quantitative estimate of drug-likeness (QED) is 0.862. The molecule has 3 unspecified atom stereocenters. The number of benzene rings is 1. The lowest BCUT2D eigenvalue weighted by Crippen LogP contribution is -2.53. The van der Waals surface area contributed by atoms with Crippen LogP contribution in [0.5, 0.6) is 11.5 Å². The van der Waals surface area contributed by atoms with E-state index in [1.54, 1.807) is 7.11 Å². The fourth-order valence-electron chi connectivity index (χ4n) is 4.40. The van der Waals surface area contributed by atoms with Gasteiger partial charge in [-0.1, -0.05) is 0 Å². The summed E-state index contributed by atoms with van der Waals surface area (Å²) in [5.41, 5.74) is 7.51. The monoisotopic (exact) mass is 288 g/mol. The summed E-state index contributed by atoms with van der Waals surface area (Å²) >= 11 is 0. The number of ether oxygens (including phenoxy) is 2. The zero-order chi connectivity index (χ0) is 14.4. The molecular formula is C17H24N2O2. The van der Waals surface area contributed by atoms with Gasteiger partial charge in [-0.25, -0.2) is 0 Å². The van der Waals surface area contributed by atoms with Gasteiger partial charge in [-0.2, -0.15) is 0 Å². The van der Waals surface area contributed by atoms with E-state index in [1.165, 1.54) is 19.4 Å². The van der Waals surface area contributed by atoms with Gasteiger partial charge in [-0.05, 0) is 44.0 Å². The number of nitrogens with zero attached hydrogens (tertiary/aromatic N) is 1. The van der Waals surface area contributed by atoms with Crippen molar-refractivity contribution in [1.29, 1.82) is 0 Å². The van der Waals surface area contributed by atoms with E-state index in [0.29, 0.717) is 6.04 Å². The second-order valence-corrected chi connectivity index (χ2v) is 6.79. The molecule has 0 aromatic heterocycles. The van der Waals surface area contributed by atoms with Crippen LogP contribution >= 0.6 is 0 Å². The Kier molecular flexibility index (Phi) is 3.12. The van der Waals surface area contributed by atoms with Gasteiger partial charge in [-0.3, -0.25) is 0 Å². The van der Waals surface area contributed by atoms with Crippen molar-refractivity contribution in [3.8, 4) is 11.5 Å². The van der Waals surface area contributed by atoms with E-state index in [2.05, 4.69) is 4.90 Å². The van der Waals surface area contributed by atoms with Crippen LogP contribution in [0, 0.1) is 0 Å². The summed E-state index contributed by atoms with van der Waals surface area (Å²) < 4.78 is 11.8. The third kappa shape index (κ3) is 2.21. The van der Waals surface area contributed by atoms with Crippen molar-refractivity contribution in [2.75, 3.05) is 20.2 Å². The molecule has 2 fully saturated rings. The van der Waals surface area contributed by atoms with Crippen LogP contribution in [0.4, 0.5) is 0 Å². The second-order valence-electron chi connectivity index (χ2n) is 6.79. The van der Waals surface area contributed by atoms with Crippen molar-refractivity contribution < 1.29 is 9.47 Å². The molecule has 1 aromatic rings. The lowest BCUT2D eigenvalue weighted by Gasteiger charge is -2.48. The first-order valence-electron chi connectivity index (χ1n) is 8.06. The number of hydrogen-bond donors (Lipinski definition) is 1. The Morgan fingerprint density at radius 2 is 2.24 bits per heavy atom. The maximum absolute atomic E-state index is 6.48. The average Bonchev–Trinajstić information content (AvgIpc) is 2.94. The van der Waals surface area contributed by atoms with E-state index in [1.807, 2.05) is 18.2 Å². The normalized spacial score (nSPS) is 35.1. The molecule has 3 aliphatic heterocycles. The number of piperidine rings is 1. The van der Waals surface area contributed by atoms with Crippen LogP contribution in [0.3, 0.4) is 0 Å². The Labute approximate surface area is 126 Å². The molecule has 3 heterocycles. The van der Waals surface area contributed by atoms with Crippen molar-refractivity contribution >= 4 is 0 Å². The lowest BCUT2D eigenvalue weighted by atomic mass is 9.78. The zero-order valence-corrected chi connectivity index (χ0v) is 12.7. The maximum atomic E-state index is 6.48. The molecule has 4 heteroatoms. The highest BCUT2D eigenvalue weighted by Gasteiger charge is 2.46. The molecule has 4 rings (SSSR count). The van der Waals surface area contributed by atoms with Gasteiger partial charge in [0.25, 0.3) is 0 Å². The van der Waals surface area contributed by atoms with E-state index in [9.17, 15) is 0 Å². The van der Waals surface area contributed by atoms with E-state index < -0.39 is 0 Å². The van der Waals surface area contributed by atoms with Gasteiger partial charge in [0.2, 0.25) is 0 Å². The van der Waals surface area contributed by atoms with E-state index in [-0.39, 0.29) is 11.6 Å². The molecule has 2 saturated heterocycles. The van der Waals surface area contributed by atoms with Gasteiger partial charge in [0.15, 0.2) is 0 Å². The number of methoxy groups -OCH3 is 1. The molecule has 0 bridgehead atoms. The summed E-state index contributed by atoms with van der Waals surface area (Å²) in [6.45, 7) is 2.42. The largest absolute Gasteiger partial charge is 0.497 e. The standard InChI is InChI=1S/C17H24N2O2/c1-20-13-4-5-16-14(9-13)15(18)11-17(21-16)6-8-19-7-2-3-12(19)10-17/h4-5,9,12,15H,2-3,6-8,10-11,18H2,1H3. The minimum atomic E-state index is -0.0491. The SMILES string of the molecule is COc1ccc2c(c1)C(N)CC1(CCN3CCCC3C1)O2. The maximum Gasteiger partial charge on any atom is 0.125 e. The molecule has 1 spiro atoms. The first-order chi connectivity index (χ1) is 10.2. The van der Waals surface area contributed by atoms with Crippen LogP contribution in [-0.2, 0) is 0 Å². The van der Waals surface area contributed by atoms with Gasteiger partial charge < -0.3 is 20.1 Å². The molecule has 1 aromatic carbocycles. The fraction of sp³-hybridized carbons (Fsp3) is 0.647. The minimum absolute atomic E-state index is 0.0491. The Morgan fingerprint density at radius 3 is 3.10 bits per heavy atom. The van der Waals surface area contributed by atoms with Crippen LogP contribution in [0.25, 0.3) is 0 Å². The summed E-state index contributed by atoms with van der Waals surface area (Å²) in [4.78, 5) is 2.63. The molecule has 114 valence electrons. The minimum Gasteiger partial charge on any atom is -0.497 e. The molecule has 0 radical (unpaired) electrons. The lowest BCUT2D eigenvalue weighted by molar-refractivity contribution is -0.0358. The van der Waals surface area contributed by atoms with Gasteiger partial charge in [0.1, 0.15) is 17.1 Å². The molecule has 2 N–H and O–H groups in total. The topological polar surface area (TPSA) is 47.7 Å².